The summed E-state index contributed by atoms with van der Waals surface area (Å²) in [6, 6.07) is 0.299. The molecule has 4 nitrogen and oxygen atoms in total. The van der Waals surface area contributed by atoms with Crippen LogP contribution in [0, 0.1) is 5.92 Å². The molecule has 0 aromatic carbocycles. The molecule has 0 aromatic heterocycles. The minimum Gasteiger partial charge on any atom is -0.444 e. The molecule has 4 heteroatoms. The normalized spacial score (nSPS) is 22.6. The standard InChI is InChI=1S/C13H26N2O2/c1-10(7-8-14)11-6-5-9-15(11)12(16)17-13(2,3)4/h10-11H,5-9,14H2,1-4H3. The summed E-state index contributed by atoms with van der Waals surface area (Å²) < 4.78 is 5.44. The summed E-state index contributed by atoms with van der Waals surface area (Å²) in [5.74, 6) is 0.454. The second-order valence-corrected chi connectivity index (χ2v) is 5.94. The SMILES string of the molecule is CC(CCN)C1CCCN1C(=O)OC(C)(C)C. The number of rotatable bonds is 3. The highest BCUT2D eigenvalue weighted by Gasteiger charge is 2.34. The van der Waals surface area contributed by atoms with Gasteiger partial charge in [-0.15, -0.1) is 0 Å². The zero-order valence-electron chi connectivity index (χ0n) is 11.5. The third kappa shape index (κ3) is 4.19. The van der Waals surface area contributed by atoms with E-state index in [4.69, 9.17) is 10.5 Å². The number of carbonyl (C=O) groups excluding carboxylic acids is 1. The van der Waals surface area contributed by atoms with Gasteiger partial charge in [0.25, 0.3) is 0 Å². The van der Waals surface area contributed by atoms with Crippen LogP contribution in [0.15, 0.2) is 0 Å². The van der Waals surface area contributed by atoms with Gasteiger partial charge in [0, 0.05) is 12.6 Å². The fraction of sp³-hybridized carbons (Fsp3) is 0.923. The zero-order chi connectivity index (χ0) is 13.1. The van der Waals surface area contributed by atoms with Crippen molar-refractivity contribution in [3.63, 3.8) is 0 Å². The van der Waals surface area contributed by atoms with Crippen molar-refractivity contribution in [1.82, 2.24) is 4.90 Å². The molecule has 100 valence electrons. The summed E-state index contributed by atoms with van der Waals surface area (Å²) in [5.41, 5.74) is 5.17. The first-order valence-electron chi connectivity index (χ1n) is 6.55. The first kappa shape index (κ1) is 14.3. The van der Waals surface area contributed by atoms with Crippen LogP contribution in [-0.4, -0.2) is 35.7 Å². The number of hydrogen-bond donors (Lipinski definition) is 1. The molecule has 1 rings (SSSR count). The van der Waals surface area contributed by atoms with E-state index in [1.54, 1.807) is 0 Å². The molecule has 1 saturated heterocycles. The Morgan fingerprint density at radius 3 is 2.71 bits per heavy atom. The third-order valence-electron chi connectivity index (χ3n) is 3.21. The van der Waals surface area contributed by atoms with Gasteiger partial charge in [-0.2, -0.15) is 0 Å². The van der Waals surface area contributed by atoms with Crippen molar-refractivity contribution in [2.45, 2.75) is 58.6 Å². The summed E-state index contributed by atoms with van der Waals surface area (Å²) in [5, 5.41) is 0. The van der Waals surface area contributed by atoms with Crippen molar-refractivity contribution in [1.29, 1.82) is 0 Å². The molecule has 1 fully saturated rings. The molecule has 2 N–H and O–H groups in total. The lowest BCUT2D eigenvalue weighted by Gasteiger charge is -2.31. The van der Waals surface area contributed by atoms with Crippen molar-refractivity contribution < 1.29 is 9.53 Å². The highest BCUT2D eigenvalue weighted by Crippen LogP contribution is 2.27. The molecule has 17 heavy (non-hydrogen) atoms. The molecule has 1 amide bonds. The maximum Gasteiger partial charge on any atom is 0.410 e. The van der Waals surface area contributed by atoms with E-state index in [0.717, 1.165) is 25.8 Å². The van der Waals surface area contributed by atoms with Crippen molar-refractivity contribution >= 4 is 6.09 Å². The number of nitrogens with two attached hydrogens (primary N) is 1. The first-order chi connectivity index (χ1) is 7.85. The smallest absolute Gasteiger partial charge is 0.410 e. The molecule has 0 saturated carbocycles. The van der Waals surface area contributed by atoms with Gasteiger partial charge in [-0.25, -0.2) is 4.79 Å². The van der Waals surface area contributed by atoms with Crippen LogP contribution in [0.3, 0.4) is 0 Å². The number of carbonyl (C=O) groups is 1. The van der Waals surface area contributed by atoms with E-state index in [-0.39, 0.29) is 6.09 Å². The van der Waals surface area contributed by atoms with Crippen LogP contribution in [0.2, 0.25) is 0 Å². The average molecular weight is 242 g/mol. The van der Waals surface area contributed by atoms with Gasteiger partial charge in [-0.05, 0) is 52.5 Å². The maximum atomic E-state index is 12.1. The zero-order valence-corrected chi connectivity index (χ0v) is 11.5. The number of amides is 1. The van der Waals surface area contributed by atoms with E-state index in [1.807, 2.05) is 25.7 Å². The van der Waals surface area contributed by atoms with Crippen molar-refractivity contribution in [3.8, 4) is 0 Å². The highest BCUT2D eigenvalue weighted by atomic mass is 16.6. The maximum absolute atomic E-state index is 12.1. The predicted molar refractivity (Wildman–Crippen MR) is 68.8 cm³/mol. The van der Waals surface area contributed by atoms with Gasteiger partial charge in [0.05, 0.1) is 0 Å². The third-order valence-corrected chi connectivity index (χ3v) is 3.21. The topological polar surface area (TPSA) is 55.6 Å². The molecule has 1 heterocycles. The van der Waals surface area contributed by atoms with Gasteiger partial charge >= 0.3 is 6.09 Å². The highest BCUT2D eigenvalue weighted by molar-refractivity contribution is 5.69. The molecular weight excluding hydrogens is 216 g/mol. The molecule has 0 bridgehead atoms. The second kappa shape index (κ2) is 5.71. The molecule has 0 aromatic rings. The minimum atomic E-state index is -0.415. The Morgan fingerprint density at radius 1 is 1.53 bits per heavy atom. The molecule has 0 spiro atoms. The monoisotopic (exact) mass is 242 g/mol. The van der Waals surface area contributed by atoms with Gasteiger partial charge in [-0.3, -0.25) is 0 Å². The van der Waals surface area contributed by atoms with E-state index in [1.165, 1.54) is 0 Å². The van der Waals surface area contributed by atoms with E-state index in [2.05, 4.69) is 6.92 Å². The van der Waals surface area contributed by atoms with Gasteiger partial charge in [0.2, 0.25) is 0 Å². The van der Waals surface area contributed by atoms with Gasteiger partial charge < -0.3 is 15.4 Å². The quantitative estimate of drug-likeness (QED) is 0.826. The van der Waals surface area contributed by atoms with E-state index in [9.17, 15) is 4.79 Å². The number of ether oxygens (including phenoxy) is 1. The van der Waals surface area contributed by atoms with Gasteiger partial charge in [-0.1, -0.05) is 6.92 Å². The summed E-state index contributed by atoms with van der Waals surface area (Å²) in [7, 11) is 0. The Hall–Kier alpha value is -0.770. The Balaban J connectivity index is 2.59. The van der Waals surface area contributed by atoms with Crippen molar-refractivity contribution in [3.05, 3.63) is 0 Å². The number of likely N-dealkylation sites (tertiary alicyclic amines) is 1. The molecule has 0 aliphatic carbocycles. The van der Waals surface area contributed by atoms with Crippen LogP contribution in [0.4, 0.5) is 4.79 Å². The molecule has 2 unspecified atom stereocenters. The largest absolute Gasteiger partial charge is 0.444 e. The minimum absolute atomic E-state index is 0.177. The Kier molecular flexibility index (Phi) is 4.80. The van der Waals surface area contributed by atoms with E-state index in [0.29, 0.717) is 18.5 Å². The fourth-order valence-corrected chi connectivity index (χ4v) is 2.39. The molecule has 1 aliphatic heterocycles. The van der Waals surface area contributed by atoms with Crippen LogP contribution in [0.5, 0.6) is 0 Å². The summed E-state index contributed by atoms with van der Waals surface area (Å²) in [4.78, 5) is 13.9. The Bertz CT molecular complexity index is 261. The lowest BCUT2D eigenvalue weighted by atomic mass is 9.96. The average Bonchev–Trinajstić information content (AvgIpc) is 2.63. The van der Waals surface area contributed by atoms with Crippen LogP contribution >= 0.6 is 0 Å². The van der Waals surface area contributed by atoms with E-state index >= 15 is 0 Å². The lowest BCUT2D eigenvalue weighted by molar-refractivity contribution is 0.0181. The number of nitrogens with zero attached hydrogens (tertiary/aromatic N) is 1. The lowest BCUT2D eigenvalue weighted by Crippen LogP contribution is -2.42. The molecule has 2 atom stereocenters. The van der Waals surface area contributed by atoms with Crippen LogP contribution in [0.25, 0.3) is 0 Å². The fourth-order valence-electron chi connectivity index (χ4n) is 2.39. The van der Waals surface area contributed by atoms with Crippen molar-refractivity contribution in [2.75, 3.05) is 13.1 Å². The Morgan fingerprint density at radius 2 is 2.18 bits per heavy atom. The molecule has 1 aliphatic rings. The molecule has 0 radical (unpaired) electrons. The van der Waals surface area contributed by atoms with Gasteiger partial charge in [0.15, 0.2) is 0 Å². The predicted octanol–water partition coefficient (Wildman–Crippen LogP) is 2.37. The van der Waals surface area contributed by atoms with Crippen molar-refractivity contribution in [2.24, 2.45) is 11.7 Å². The summed E-state index contributed by atoms with van der Waals surface area (Å²) in [6.45, 7) is 9.37. The second-order valence-electron chi connectivity index (χ2n) is 5.94. The van der Waals surface area contributed by atoms with Crippen LogP contribution < -0.4 is 5.73 Å². The van der Waals surface area contributed by atoms with Crippen LogP contribution in [-0.2, 0) is 4.74 Å². The summed E-state index contributed by atoms with van der Waals surface area (Å²) in [6.07, 6.45) is 2.92. The van der Waals surface area contributed by atoms with Crippen LogP contribution in [0.1, 0.15) is 47.0 Å². The summed E-state index contributed by atoms with van der Waals surface area (Å²) >= 11 is 0. The first-order valence-corrected chi connectivity index (χ1v) is 6.55. The molecular formula is C13H26N2O2. The number of hydrogen-bond acceptors (Lipinski definition) is 3. The van der Waals surface area contributed by atoms with Gasteiger partial charge in [0.1, 0.15) is 5.60 Å². The Labute approximate surface area is 104 Å². The van der Waals surface area contributed by atoms with E-state index < -0.39 is 5.60 Å².